The first-order valence-corrected chi connectivity index (χ1v) is 7.16. The Morgan fingerprint density at radius 2 is 2.10 bits per heavy atom. The van der Waals surface area contributed by atoms with Crippen LogP contribution in [-0.2, 0) is 0 Å². The van der Waals surface area contributed by atoms with Crippen molar-refractivity contribution < 1.29 is 10.2 Å². The molecule has 0 aromatic carbocycles. The molecule has 5 heteroatoms. The maximum Gasteiger partial charge on any atom is 0.126 e. The number of nitrogens with one attached hydrogen (secondary N) is 1. The van der Waals surface area contributed by atoms with Gasteiger partial charge in [-0.3, -0.25) is 0 Å². The second kappa shape index (κ2) is 7.22. The number of aliphatic hydroxyl groups excluding tert-OH is 2. The molecule has 108 valence electrons. The summed E-state index contributed by atoms with van der Waals surface area (Å²) in [5.74, 6) is 0.810. The van der Waals surface area contributed by atoms with Crippen LogP contribution in [0.5, 0.6) is 0 Å². The van der Waals surface area contributed by atoms with Crippen molar-refractivity contribution in [1.29, 1.82) is 5.26 Å². The highest BCUT2D eigenvalue weighted by molar-refractivity contribution is 5.40. The van der Waals surface area contributed by atoms with Gasteiger partial charge in [0.1, 0.15) is 11.9 Å². The Labute approximate surface area is 119 Å². The average molecular weight is 275 g/mol. The number of aromatic nitrogens is 1. The Morgan fingerprint density at radius 3 is 2.65 bits per heavy atom. The third kappa shape index (κ3) is 3.69. The number of nitriles is 1. The monoisotopic (exact) mass is 275 g/mol. The number of pyridine rings is 1. The highest BCUT2D eigenvalue weighted by Crippen LogP contribution is 2.28. The highest BCUT2D eigenvalue weighted by Gasteiger charge is 2.28. The van der Waals surface area contributed by atoms with Gasteiger partial charge in [-0.15, -0.1) is 0 Å². The number of aliphatic hydroxyl groups is 2. The van der Waals surface area contributed by atoms with E-state index in [-0.39, 0.29) is 12.5 Å². The molecule has 0 aliphatic heterocycles. The fourth-order valence-corrected chi connectivity index (χ4v) is 2.78. The van der Waals surface area contributed by atoms with Gasteiger partial charge in [-0.1, -0.05) is 19.3 Å². The van der Waals surface area contributed by atoms with E-state index >= 15 is 0 Å². The third-order valence-corrected chi connectivity index (χ3v) is 3.97. The molecule has 0 radical (unpaired) electrons. The Kier molecular flexibility index (Phi) is 5.33. The third-order valence-electron chi connectivity index (χ3n) is 3.97. The minimum Gasteiger partial charge on any atom is -0.394 e. The van der Waals surface area contributed by atoms with Gasteiger partial charge in [-0.2, -0.15) is 5.26 Å². The first kappa shape index (κ1) is 14.8. The average Bonchev–Trinajstić information content (AvgIpc) is 2.53. The molecule has 5 nitrogen and oxygen atoms in total. The van der Waals surface area contributed by atoms with Crippen molar-refractivity contribution in [1.82, 2.24) is 4.98 Å². The van der Waals surface area contributed by atoms with Crippen LogP contribution in [0, 0.1) is 17.2 Å². The molecular weight excluding hydrogens is 254 g/mol. The van der Waals surface area contributed by atoms with E-state index in [2.05, 4.69) is 10.3 Å². The van der Waals surface area contributed by atoms with Crippen molar-refractivity contribution in [2.45, 2.75) is 44.2 Å². The van der Waals surface area contributed by atoms with Crippen LogP contribution < -0.4 is 5.32 Å². The van der Waals surface area contributed by atoms with Crippen LogP contribution in [0.4, 0.5) is 5.82 Å². The molecule has 1 aliphatic rings. The van der Waals surface area contributed by atoms with Crippen molar-refractivity contribution in [3.05, 3.63) is 23.9 Å². The van der Waals surface area contributed by atoms with Crippen LogP contribution in [0.1, 0.15) is 37.7 Å². The molecular formula is C15H21N3O2. The number of rotatable bonds is 5. The van der Waals surface area contributed by atoms with E-state index in [1.807, 2.05) is 6.07 Å². The molecule has 1 aliphatic carbocycles. The summed E-state index contributed by atoms with van der Waals surface area (Å²) < 4.78 is 0. The second-order valence-electron chi connectivity index (χ2n) is 5.37. The van der Waals surface area contributed by atoms with Gasteiger partial charge in [0.25, 0.3) is 0 Å². The standard InChI is InChI=1S/C15H21N3O2/c16-8-11-6-7-14(17-9-11)18-13(10-19)15(20)12-4-2-1-3-5-12/h6-7,9,12-13,15,19-20H,1-5,10H2,(H,17,18)/t13-,15-/m1/s1. The zero-order valence-corrected chi connectivity index (χ0v) is 11.5. The van der Waals surface area contributed by atoms with Gasteiger partial charge in [0.2, 0.25) is 0 Å². The zero-order valence-electron chi connectivity index (χ0n) is 11.5. The Morgan fingerprint density at radius 1 is 1.35 bits per heavy atom. The summed E-state index contributed by atoms with van der Waals surface area (Å²) in [5.41, 5.74) is 0.490. The van der Waals surface area contributed by atoms with E-state index in [1.165, 1.54) is 12.6 Å². The first-order chi connectivity index (χ1) is 9.74. The minimum atomic E-state index is -0.572. The maximum atomic E-state index is 10.4. The van der Waals surface area contributed by atoms with Crippen molar-refractivity contribution in [3.8, 4) is 6.07 Å². The molecule has 0 unspecified atom stereocenters. The number of nitrogens with zero attached hydrogens (tertiary/aromatic N) is 2. The van der Waals surface area contributed by atoms with E-state index in [0.29, 0.717) is 11.4 Å². The lowest BCUT2D eigenvalue weighted by molar-refractivity contribution is 0.0493. The second-order valence-corrected chi connectivity index (χ2v) is 5.37. The van der Waals surface area contributed by atoms with Crippen molar-refractivity contribution in [2.24, 2.45) is 5.92 Å². The van der Waals surface area contributed by atoms with Crippen LogP contribution in [0.3, 0.4) is 0 Å². The minimum absolute atomic E-state index is 0.140. The van der Waals surface area contributed by atoms with E-state index in [4.69, 9.17) is 5.26 Å². The highest BCUT2D eigenvalue weighted by atomic mass is 16.3. The summed E-state index contributed by atoms with van der Waals surface area (Å²) in [7, 11) is 0. The molecule has 0 amide bonds. The summed E-state index contributed by atoms with van der Waals surface area (Å²) in [4.78, 5) is 4.11. The maximum absolute atomic E-state index is 10.4. The molecule has 20 heavy (non-hydrogen) atoms. The lowest BCUT2D eigenvalue weighted by atomic mass is 9.83. The Bertz CT molecular complexity index is 449. The fraction of sp³-hybridized carbons (Fsp3) is 0.600. The van der Waals surface area contributed by atoms with Gasteiger partial charge in [0.05, 0.1) is 24.3 Å². The molecule has 1 aromatic heterocycles. The molecule has 2 atom stereocenters. The lowest BCUT2D eigenvalue weighted by Gasteiger charge is -2.32. The van der Waals surface area contributed by atoms with Gasteiger partial charge in [-0.05, 0) is 30.9 Å². The molecule has 1 saturated carbocycles. The zero-order chi connectivity index (χ0) is 14.4. The number of anilines is 1. The quantitative estimate of drug-likeness (QED) is 0.760. The van der Waals surface area contributed by atoms with Gasteiger partial charge in [-0.25, -0.2) is 4.98 Å². The van der Waals surface area contributed by atoms with E-state index in [1.54, 1.807) is 12.1 Å². The van der Waals surface area contributed by atoms with Crippen LogP contribution in [-0.4, -0.2) is 33.9 Å². The smallest absolute Gasteiger partial charge is 0.126 e. The molecule has 1 heterocycles. The molecule has 0 spiro atoms. The molecule has 1 fully saturated rings. The molecule has 3 N–H and O–H groups in total. The van der Waals surface area contributed by atoms with Crippen LogP contribution in [0.2, 0.25) is 0 Å². The van der Waals surface area contributed by atoms with Crippen LogP contribution in [0.25, 0.3) is 0 Å². The predicted molar refractivity (Wildman–Crippen MR) is 76.0 cm³/mol. The van der Waals surface area contributed by atoms with E-state index < -0.39 is 12.1 Å². The van der Waals surface area contributed by atoms with Crippen LogP contribution in [0.15, 0.2) is 18.3 Å². The predicted octanol–water partition coefficient (Wildman–Crippen LogP) is 1.67. The normalized spacial score (nSPS) is 19.1. The first-order valence-electron chi connectivity index (χ1n) is 7.16. The summed E-state index contributed by atoms with van der Waals surface area (Å²) >= 11 is 0. The van der Waals surface area contributed by atoms with Crippen molar-refractivity contribution in [3.63, 3.8) is 0 Å². The SMILES string of the molecule is N#Cc1ccc(N[C@H](CO)[C@H](O)C2CCCCC2)nc1. The largest absolute Gasteiger partial charge is 0.394 e. The number of hydrogen-bond donors (Lipinski definition) is 3. The molecule has 0 bridgehead atoms. The lowest BCUT2D eigenvalue weighted by Crippen LogP contribution is -2.42. The molecule has 0 saturated heterocycles. The Hall–Kier alpha value is -1.64. The van der Waals surface area contributed by atoms with Crippen molar-refractivity contribution >= 4 is 5.82 Å². The summed E-state index contributed by atoms with van der Waals surface area (Å²) in [6.45, 7) is -0.140. The van der Waals surface area contributed by atoms with Crippen LogP contribution >= 0.6 is 0 Å². The Balaban J connectivity index is 1.98. The molecule has 2 rings (SSSR count). The fourth-order valence-electron chi connectivity index (χ4n) is 2.78. The topological polar surface area (TPSA) is 89.2 Å². The van der Waals surface area contributed by atoms with E-state index in [0.717, 1.165) is 25.7 Å². The van der Waals surface area contributed by atoms with Gasteiger partial charge in [0, 0.05) is 6.20 Å². The van der Waals surface area contributed by atoms with Gasteiger partial charge < -0.3 is 15.5 Å². The summed E-state index contributed by atoms with van der Waals surface area (Å²) in [5, 5.41) is 31.7. The van der Waals surface area contributed by atoms with E-state index in [9.17, 15) is 10.2 Å². The van der Waals surface area contributed by atoms with Gasteiger partial charge >= 0.3 is 0 Å². The van der Waals surface area contributed by atoms with Gasteiger partial charge in [0.15, 0.2) is 0 Å². The van der Waals surface area contributed by atoms with Crippen molar-refractivity contribution in [2.75, 3.05) is 11.9 Å². The summed E-state index contributed by atoms with van der Waals surface area (Å²) in [6.07, 6.45) is 6.46. The summed E-state index contributed by atoms with van der Waals surface area (Å²) in [6, 6.07) is 4.94. The molecule has 1 aromatic rings. The number of hydrogen-bond acceptors (Lipinski definition) is 5.